The number of nitrogen functional groups attached to an aromatic ring is 1. The number of nitrogens with two attached hydrogens (primary N) is 1. The highest BCUT2D eigenvalue weighted by Gasteiger charge is 2.19. The van der Waals surface area contributed by atoms with Gasteiger partial charge in [-0.2, -0.15) is 0 Å². The van der Waals surface area contributed by atoms with Crippen LogP contribution in [0, 0.1) is 13.8 Å². The van der Waals surface area contributed by atoms with E-state index in [1.54, 1.807) is 13.8 Å². The third-order valence-electron chi connectivity index (χ3n) is 3.25. The van der Waals surface area contributed by atoms with Gasteiger partial charge in [0.1, 0.15) is 17.1 Å². The highest BCUT2D eigenvalue weighted by Crippen LogP contribution is 2.18. The standard InChI is InChI=1S/C15H14N4O3/c1-8-13(9(2)22-19-8)15(20)21-7-12-17-11-6-4-3-5-10(11)14(16)18-12/h3-6H,7H2,1-2H3,(H2,16,17,18). The van der Waals surface area contributed by atoms with E-state index in [0.29, 0.717) is 34.2 Å². The number of esters is 1. The molecule has 0 radical (unpaired) electrons. The van der Waals surface area contributed by atoms with Crippen molar-refractivity contribution in [3.05, 3.63) is 47.1 Å². The van der Waals surface area contributed by atoms with Crippen LogP contribution in [0.4, 0.5) is 5.82 Å². The fraction of sp³-hybridized carbons (Fsp3) is 0.200. The van der Waals surface area contributed by atoms with E-state index in [1.165, 1.54) is 0 Å². The van der Waals surface area contributed by atoms with Gasteiger partial charge in [0.05, 0.1) is 11.2 Å². The molecule has 7 heteroatoms. The van der Waals surface area contributed by atoms with Crippen molar-refractivity contribution in [2.75, 3.05) is 5.73 Å². The van der Waals surface area contributed by atoms with Crippen LogP contribution in [0.25, 0.3) is 10.9 Å². The molecule has 0 fully saturated rings. The maximum atomic E-state index is 12.1. The minimum absolute atomic E-state index is 0.0715. The third kappa shape index (κ3) is 2.48. The number of ether oxygens (including phenoxy) is 1. The van der Waals surface area contributed by atoms with Crippen LogP contribution in [0.3, 0.4) is 0 Å². The van der Waals surface area contributed by atoms with Crippen molar-refractivity contribution in [3.63, 3.8) is 0 Å². The molecular formula is C15H14N4O3. The van der Waals surface area contributed by atoms with Gasteiger partial charge in [-0.1, -0.05) is 17.3 Å². The van der Waals surface area contributed by atoms with Gasteiger partial charge in [-0.15, -0.1) is 0 Å². The molecule has 0 atom stereocenters. The molecule has 0 aliphatic carbocycles. The summed E-state index contributed by atoms with van der Waals surface area (Å²) in [5.41, 5.74) is 7.41. The number of nitrogens with zero attached hydrogens (tertiary/aromatic N) is 3. The molecule has 0 aliphatic heterocycles. The first-order valence-electron chi connectivity index (χ1n) is 6.67. The third-order valence-corrected chi connectivity index (χ3v) is 3.25. The number of benzene rings is 1. The maximum absolute atomic E-state index is 12.1. The molecular weight excluding hydrogens is 284 g/mol. The monoisotopic (exact) mass is 298 g/mol. The molecule has 0 saturated heterocycles. The second-order valence-electron chi connectivity index (χ2n) is 4.82. The summed E-state index contributed by atoms with van der Waals surface area (Å²) in [6.45, 7) is 3.26. The fourth-order valence-corrected chi connectivity index (χ4v) is 2.19. The van der Waals surface area contributed by atoms with E-state index in [4.69, 9.17) is 15.0 Å². The maximum Gasteiger partial charge on any atom is 0.344 e. The average Bonchev–Trinajstić information content (AvgIpc) is 2.84. The van der Waals surface area contributed by atoms with Crippen molar-refractivity contribution in [3.8, 4) is 0 Å². The quantitative estimate of drug-likeness (QED) is 0.739. The summed E-state index contributed by atoms with van der Waals surface area (Å²) < 4.78 is 10.2. The molecule has 2 aromatic heterocycles. The van der Waals surface area contributed by atoms with Crippen LogP contribution < -0.4 is 5.73 Å². The Balaban J connectivity index is 1.81. The van der Waals surface area contributed by atoms with E-state index in [0.717, 1.165) is 5.39 Å². The van der Waals surface area contributed by atoms with Crippen LogP contribution in [0.1, 0.15) is 27.6 Å². The van der Waals surface area contributed by atoms with Gasteiger partial charge >= 0.3 is 5.97 Å². The van der Waals surface area contributed by atoms with Gasteiger partial charge in [0.15, 0.2) is 12.4 Å². The molecule has 0 bridgehead atoms. The van der Waals surface area contributed by atoms with Crippen molar-refractivity contribution in [2.24, 2.45) is 0 Å². The van der Waals surface area contributed by atoms with Crippen LogP contribution >= 0.6 is 0 Å². The number of hydrogen-bond donors (Lipinski definition) is 1. The normalized spacial score (nSPS) is 10.8. The summed E-state index contributed by atoms with van der Waals surface area (Å²) >= 11 is 0. The summed E-state index contributed by atoms with van der Waals surface area (Å²) in [6.07, 6.45) is 0. The number of aryl methyl sites for hydroxylation is 2. The van der Waals surface area contributed by atoms with Gasteiger partial charge in [0.25, 0.3) is 0 Å². The lowest BCUT2D eigenvalue weighted by Crippen LogP contribution is -2.10. The van der Waals surface area contributed by atoms with E-state index in [9.17, 15) is 4.79 Å². The summed E-state index contributed by atoms with van der Waals surface area (Å²) in [6, 6.07) is 7.38. The van der Waals surface area contributed by atoms with Crippen molar-refractivity contribution < 1.29 is 14.1 Å². The number of hydrogen-bond acceptors (Lipinski definition) is 7. The van der Waals surface area contributed by atoms with E-state index in [1.807, 2.05) is 24.3 Å². The van der Waals surface area contributed by atoms with Crippen LogP contribution in [0.2, 0.25) is 0 Å². The number of carbonyl (C=O) groups is 1. The summed E-state index contributed by atoms with van der Waals surface area (Å²) in [7, 11) is 0. The zero-order valence-electron chi connectivity index (χ0n) is 12.2. The highest BCUT2D eigenvalue weighted by molar-refractivity contribution is 5.91. The second kappa shape index (κ2) is 5.44. The van der Waals surface area contributed by atoms with Gasteiger partial charge in [-0.3, -0.25) is 0 Å². The van der Waals surface area contributed by atoms with Gasteiger partial charge in [0, 0.05) is 5.39 Å². The van der Waals surface area contributed by atoms with Crippen molar-refractivity contribution in [1.82, 2.24) is 15.1 Å². The number of carbonyl (C=O) groups excluding carboxylic acids is 1. The SMILES string of the molecule is Cc1noc(C)c1C(=O)OCc1nc(N)c2ccccc2n1. The minimum atomic E-state index is -0.522. The van der Waals surface area contributed by atoms with Crippen molar-refractivity contribution >= 4 is 22.7 Å². The molecule has 112 valence electrons. The average molecular weight is 298 g/mol. The van der Waals surface area contributed by atoms with Gasteiger partial charge in [-0.25, -0.2) is 14.8 Å². The molecule has 2 heterocycles. The molecule has 0 unspecified atom stereocenters. The van der Waals surface area contributed by atoms with Crippen LogP contribution in [-0.2, 0) is 11.3 Å². The number of rotatable bonds is 3. The zero-order chi connectivity index (χ0) is 15.7. The first-order valence-corrected chi connectivity index (χ1v) is 6.67. The molecule has 0 aliphatic rings. The fourth-order valence-electron chi connectivity index (χ4n) is 2.19. The Kier molecular flexibility index (Phi) is 3.46. The molecule has 0 spiro atoms. The predicted octanol–water partition coefficient (Wildman–Crippen LogP) is 2.17. The predicted molar refractivity (Wildman–Crippen MR) is 79.0 cm³/mol. The van der Waals surface area contributed by atoms with Crippen LogP contribution in [0.15, 0.2) is 28.8 Å². The number of aromatic nitrogens is 3. The highest BCUT2D eigenvalue weighted by atomic mass is 16.5. The van der Waals surface area contributed by atoms with E-state index >= 15 is 0 Å². The summed E-state index contributed by atoms with van der Waals surface area (Å²) in [4.78, 5) is 20.5. The smallest absolute Gasteiger partial charge is 0.344 e. The van der Waals surface area contributed by atoms with Gasteiger partial charge in [-0.05, 0) is 26.0 Å². The summed E-state index contributed by atoms with van der Waals surface area (Å²) in [5, 5.41) is 4.49. The Morgan fingerprint density at radius 3 is 2.77 bits per heavy atom. The van der Waals surface area contributed by atoms with E-state index in [2.05, 4.69) is 15.1 Å². The molecule has 0 saturated carbocycles. The molecule has 1 aromatic carbocycles. The van der Waals surface area contributed by atoms with Gasteiger partial charge in [0.2, 0.25) is 0 Å². The topological polar surface area (TPSA) is 104 Å². The van der Waals surface area contributed by atoms with E-state index < -0.39 is 5.97 Å². The van der Waals surface area contributed by atoms with E-state index in [-0.39, 0.29) is 6.61 Å². The Hall–Kier alpha value is -2.96. The number of fused-ring (bicyclic) bond motifs is 1. The lowest BCUT2D eigenvalue weighted by molar-refractivity contribution is 0.0460. The van der Waals surface area contributed by atoms with Crippen molar-refractivity contribution in [2.45, 2.75) is 20.5 Å². The lowest BCUT2D eigenvalue weighted by atomic mass is 10.2. The first kappa shape index (κ1) is 14.0. The molecule has 7 nitrogen and oxygen atoms in total. The largest absolute Gasteiger partial charge is 0.454 e. The second-order valence-corrected chi connectivity index (χ2v) is 4.82. The molecule has 2 N–H and O–H groups in total. The van der Waals surface area contributed by atoms with Crippen LogP contribution in [0.5, 0.6) is 0 Å². The Labute approximate surface area is 126 Å². The number of para-hydroxylation sites is 1. The van der Waals surface area contributed by atoms with Crippen LogP contribution in [-0.4, -0.2) is 21.1 Å². The summed E-state index contributed by atoms with van der Waals surface area (Å²) in [5.74, 6) is 0.596. The molecule has 3 rings (SSSR count). The zero-order valence-corrected chi connectivity index (χ0v) is 12.2. The Morgan fingerprint density at radius 2 is 2.05 bits per heavy atom. The molecule has 3 aromatic rings. The van der Waals surface area contributed by atoms with Crippen molar-refractivity contribution in [1.29, 1.82) is 0 Å². The number of anilines is 1. The minimum Gasteiger partial charge on any atom is -0.454 e. The Morgan fingerprint density at radius 1 is 1.27 bits per heavy atom. The van der Waals surface area contributed by atoms with Gasteiger partial charge < -0.3 is 15.0 Å². The first-order chi connectivity index (χ1) is 10.6. The lowest BCUT2D eigenvalue weighted by Gasteiger charge is -2.06. The molecule has 22 heavy (non-hydrogen) atoms. The Bertz CT molecular complexity index is 838. The molecule has 0 amide bonds.